The highest BCUT2D eigenvalue weighted by atomic mass is 16.5. The number of amides is 1. The first-order valence-electron chi connectivity index (χ1n) is 5.59. The highest BCUT2D eigenvalue weighted by Crippen LogP contribution is 2.17. The molecule has 0 bridgehead atoms. The molecule has 4 N–H and O–H groups in total. The molecule has 0 aliphatic heterocycles. The van der Waals surface area contributed by atoms with Crippen molar-refractivity contribution < 1.29 is 19.5 Å². The predicted octanol–water partition coefficient (Wildman–Crippen LogP) is 0.785. The Morgan fingerprint density at radius 2 is 2.32 bits per heavy atom. The van der Waals surface area contributed by atoms with Crippen LogP contribution in [0.5, 0.6) is 5.75 Å². The Morgan fingerprint density at radius 3 is 2.95 bits per heavy atom. The van der Waals surface area contributed by atoms with Gasteiger partial charge in [-0.25, -0.2) is 0 Å². The van der Waals surface area contributed by atoms with Crippen LogP contribution in [0.2, 0.25) is 0 Å². The molecule has 0 heterocycles. The zero-order valence-electron chi connectivity index (χ0n) is 10.8. The molecular weight excluding hydrogens is 250 g/mol. The second kappa shape index (κ2) is 7.22. The Morgan fingerprint density at radius 1 is 1.58 bits per heavy atom. The van der Waals surface area contributed by atoms with Crippen molar-refractivity contribution in [2.24, 2.45) is 10.9 Å². The third kappa shape index (κ3) is 4.84. The molecule has 0 aromatic heterocycles. The number of amidine groups is 1. The number of nitrogens with zero attached hydrogens (tertiary/aromatic N) is 1. The second-order valence-corrected chi connectivity index (χ2v) is 3.78. The fraction of sp³-hybridized carbons (Fsp3) is 0.333. The first kappa shape index (κ1) is 14.8. The van der Waals surface area contributed by atoms with Gasteiger partial charge in [-0.3, -0.25) is 4.79 Å². The number of ether oxygens (including phenoxy) is 2. The number of carbonyl (C=O) groups is 1. The van der Waals surface area contributed by atoms with E-state index < -0.39 is 6.10 Å². The lowest BCUT2D eigenvalue weighted by molar-refractivity contribution is -0.124. The molecule has 1 amide bonds. The minimum absolute atomic E-state index is 0.0393. The fourth-order valence-electron chi connectivity index (χ4n) is 1.20. The first-order chi connectivity index (χ1) is 9.06. The maximum Gasteiger partial charge on any atom is 0.253 e. The SMILES string of the molecule is COC(C)C(=O)Nc1cccc(OC/C(N)=N/O)c1. The number of anilines is 1. The summed E-state index contributed by atoms with van der Waals surface area (Å²) in [5.74, 6) is 0.202. The largest absolute Gasteiger partial charge is 0.485 e. The second-order valence-electron chi connectivity index (χ2n) is 3.78. The van der Waals surface area contributed by atoms with Gasteiger partial charge in [0.1, 0.15) is 18.5 Å². The van der Waals surface area contributed by atoms with Gasteiger partial charge in [-0.2, -0.15) is 0 Å². The summed E-state index contributed by atoms with van der Waals surface area (Å²) in [6.07, 6.45) is -0.540. The van der Waals surface area contributed by atoms with Crippen molar-refractivity contribution in [2.45, 2.75) is 13.0 Å². The topological polar surface area (TPSA) is 106 Å². The fourth-order valence-corrected chi connectivity index (χ4v) is 1.20. The van der Waals surface area contributed by atoms with Crippen LogP contribution in [0.15, 0.2) is 29.4 Å². The van der Waals surface area contributed by atoms with Gasteiger partial charge in [-0.1, -0.05) is 11.2 Å². The van der Waals surface area contributed by atoms with E-state index in [2.05, 4.69) is 10.5 Å². The number of hydrogen-bond donors (Lipinski definition) is 3. The van der Waals surface area contributed by atoms with Gasteiger partial charge in [0.15, 0.2) is 5.84 Å². The quantitative estimate of drug-likeness (QED) is 0.306. The van der Waals surface area contributed by atoms with E-state index in [1.165, 1.54) is 7.11 Å². The number of rotatable bonds is 6. The third-order valence-electron chi connectivity index (χ3n) is 2.34. The van der Waals surface area contributed by atoms with Gasteiger partial charge < -0.3 is 25.7 Å². The lowest BCUT2D eigenvalue weighted by Crippen LogP contribution is -2.26. The molecule has 0 saturated carbocycles. The van der Waals surface area contributed by atoms with Crippen molar-refractivity contribution in [3.8, 4) is 5.75 Å². The molecule has 0 saturated heterocycles. The van der Waals surface area contributed by atoms with Crippen molar-refractivity contribution in [2.75, 3.05) is 19.0 Å². The molecule has 0 spiro atoms. The summed E-state index contributed by atoms with van der Waals surface area (Å²) in [7, 11) is 1.46. The molecule has 7 heteroatoms. The Hall–Kier alpha value is -2.28. The number of nitrogens with one attached hydrogen (secondary N) is 1. The van der Waals surface area contributed by atoms with Crippen LogP contribution in [0.25, 0.3) is 0 Å². The van der Waals surface area contributed by atoms with Crippen molar-refractivity contribution in [1.29, 1.82) is 0 Å². The molecule has 7 nitrogen and oxygen atoms in total. The van der Waals surface area contributed by atoms with E-state index in [0.29, 0.717) is 11.4 Å². The zero-order chi connectivity index (χ0) is 14.3. The predicted molar refractivity (Wildman–Crippen MR) is 70.4 cm³/mol. The molecule has 0 aliphatic rings. The van der Waals surface area contributed by atoms with Gasteiger partial charge in [0.2, 0.25) is 0 Å². The van der Waals surface area contributed by atoms with E-state index in [1.807, 2.05) is 0 Å². The summed E-state index contributed by atoms with van der Waals surface area (Å²) in [5, 5.41) is 13.9. The van der Waals surface area contributed by atoms with Crippen LogP contribution >= 0.6 is 0 Å². The van der Waals surface area contributed by atoms with Crippen LogP contribution in [0, 0.1) is 0 Å². The summed E-state index contributed by atoms with van der Waals surface area (Å²) < 4.78 is 10.2. The standard InChI is InChI=1S/C12H17N3O4/c1-8(18-2)12(16)14-9-4-3-5-10(6-9)19-7-11(13)15-17/h3-6,8,17H,7H2,1-2H3,(H2,13,15)(H,14,16). The average Bonchev–Trinajstić information content (AvgIpc) is 2.44. The zero-order valence-corrected chi connectivity index (χ0v) is 10.8. The van der Waals surface area contributed by atoms with E-state index in [-0.39, 0.29) is 18.3 Å². The number of oxime groups is 1. The minimum Gasteiger partial charge on any atom is -0.485 e. The van der Waals surface area contributed by atoms with Gasteiger partial charge in [0, 0.05) is 18.9 Å². The summed E-state index contributed by atoms with van der Waals surface area (Å²) >= 11 is 0. The number of nitrogens with two attached hydrogens (primary N) is 1. The summed E-state index contributed by atoms with van der Waals surface area (Å²) in [6.45, 7) is 1.61. The molecule has 0 radical (unpaired) electrons. The van der Waals surface area contributed by atoms with Crippen LogP contribution in [0.1, 0.15) is 6.92 Å². The summed E-state index contributed by atoms with van der Waals surface area (Å²) in [6, 6.07) is 6.76. The number of carbonyl (C=O) groups excluding carboxylic acids is 1. The highest BCUT2D eigenvalue weighted by molar-refractivity contribution is 5.94. The molecule has 19 heavy (non-hydrogen) atoms. The van der Waals surface area contributed by atoms with Crippen molar-refractivity contribution in [3.63, 3.8) is 0 Å². The van der Waals surface area contributed by atoms with E-state index in [1.54, 1.807) is 31.2 Å². The number of hydrogen-bond acceptors (Lipinski definition) is 5. The summed E-state index contributed by atoms with van der Waals surface area (Å²) in [5.41, 5.74) is 5.86. The van der Waals surface area contributed by atoms with Crippen molar-refractivity contribution >= 4 is 17.4 Å². The van der Waals surface area contributed by atoms with Crippen molar-refractivity contribution in [1.82, 2.24) is 0 Å². The van der Waals surface area contributed by atoms with Gasteiger partial charge in [-0.15, -0.1) is 0 Å². The Bertz CT molecular complexity index is 462. The van der Waals surface area contributed by atoms with E-state index in [4.69, 9.17) is 20.4 Å². The van der Waals surface area contributed by atoms with Crippen LogP contribution in [-0.2, 0) is 9.53 Å². The molecule has 1 unspecified atom stereocenters. The van der Waals surface area contributed by atoms with Gasteiger partial charge in [0.05, 0.1) is 0 Å². The van der Waals surface area contributed by atoms with Crippen molar-refractivity contribution in [3.05, 3.63) is 24.3 Å². The highest BCUT2D eigenvalue weighted by Gasteiger charge is 2.11. The maximum atomic E-state index is 11.6. The lowest BCUT2D eigenvalue weighted by Gasteiger charge is -2.11. The molecule has 0 aliphatic carbocycles. The van der Waals surface area contributed by atoms with E-state index in [9.17, 15) is 4.79 Å². The van der Waals surface area contributed by atoms with E-state index in [0.717, 1.165) is 0 Å². The Kier molecular flexibility index (Phi) is 5.62. The molecular formula is C12H17N3O4. The summed E-state index contributed by atoms with van der Waals surface area (Å²) in [4.78, 5) is 11.6. The molecule has 1 aromatic carbocycles. The molecule has 0 fully saturated rings. The van der Waals surface area contributed by atoms with Crippen LogP contribution in [0.4, 0.5) is 5.69 Å². The van der Waals surface area contributed by atoms with Gasteiger partial charge in [-0.05, 0) is 19.1 Å². The maximum absolute atomic E-state index is 11.6. The van der Waals surface area contributed by atoms with Gasteiger partial charge >= 0.3 is 0 Å². The lowest BCUT2D eigenvalue weighted by atomic mass is 10.3. The van der Waals surface area contributed by atoms with E-state index >= 15 is 0 Å². The normalized spacial score (nSPS) is 12.8. The number of benzene rings is 1. The number of methoxy groups -OCH3 is 1. The van der Waals surface area contributed by atoms with Crippen LogP contribution < -0.4 is 15.8 Å². The average molecular weight is 267 g/mol. The smallest absolute Gasteiger partial charge is 0.253 e. The van der Waals surface area contributed by atoms with Gasteiger partial charge in [0.25, 0.3) is 5.91 Å². The monoisotopic (exact) mass is 267 g/mol. The minimum atomic E-state index is -0.540. The third-order valence-corrected chi connectivity index (χ3v) is 2.34. The Balaban J connectivity index is 2.64. The van der Waals surface area contributed by atoms with Crippen LogP contribution in [0.3, 0.4) is 0 Å². The van der Waals surface area contributed by atoms with Crippen LogP contribution in [-0.4, -0.2) is 36.8 Å². The first-order valence-corrected chi connectivity index (χ1v) is 5.59. The molecule has 1 rings (SSSR count). The molecule has 1 aromatic rings. The molecule has 104 valence electrons. The Labute approximate surface area is 111 Å². The molecule has 1 atom stereocenters.